The minimum absolute atomic E-state index is 0.156. The minimum atomic E-state index is -0.156. The summed E-state index contributed by atoms with van der Waals surface area (Å²) in [5.74, 6) is 0.379. The number of aromatic nitrogens is 2. The number of ether oxygens (including phenoxy) is 1. The van der Waals surface area contributed by atoms with Crippen molar-refractivity contribution in [2.24, 2.45) is 0 Å². The topological polar surface area (TPSA) is 90.1 Å². The molecule has 0 bridgehead atoms. The molecule has 2 heterocycles. The van der Waals surface area contributed by atoms with Gasteiger partial charge < -0.3 is 15.8 Å². The number of pyridine rings is 1. The smallest absolute Gasteiger partial charge is 0.230 e. The highest BCUT2D eigenvalue weighted by molar-refractivity contribution is 7.13. The molecule has 1 amide bonds. The van der Waals surface area contributed by atoms with Crippen molar-refractivity contribution in [3.63, 3.8) is 0 Å². The Morgan fingerprint density at radius 2 is 2.37 bits per heavy atom. The van der Waals surface area contributed by atoms with E-state index in [2.05, 4.69) is 15.3 Å². The highest BCUT2D eigenvalue weighted by atomic mass is 32.1. The van der Waals surface area contributed by atoms with Gasteiger partial charge in [0.1, 0.15) is 0 Å². The van der Waals surface area contributed by atoms with Gasteiger partial charge in [0.2, 0.25) is 11.8 Å². The number of nitrogen functional groups attached to an aromatic ring is 1. The summed E-state index contributed by atoms with van der Waals surface area (Å²) in [6, 6.07) is 3.45. The number of rotatable bonds is 5. The van der Waals surface area contributed by atoms with E-state index in [9.17, 15) is 4.79 Å². The first kappa shape index (κ1) is 13.3. The summed E-state index contributed by atoms with van der Waals surface area (Å²) in [7, 11) is 0. The van der Waals surface area contributed by atoms with Crippen molar-refractivity contribution < 1.29 is 9.53 Å². The lowest BCUT2D eigenvalue weighted by Gasteiger charge is -2.05. The second kappa shape index (κ2) is 6.14. The Morgan fingerprint density at radius 3 is 2.95 bits per heavy atom. The van der Waals surface area contributed by atoms with Crippen molar-refractivity contribution in [3.05, 3.63) is 29.4 Å². The van der Waals surface area contributed by atoms with Crippen LogP contribution in [0.4, 0.5) is 10.8 Å². The first-order valence-corrected chi connectivity index (χ1v) is 6.64. The van der Waals surface area contributed by atoms with Crippen LogP contribution < -0.4 is 15.8 Å². The molecule has 100 valence electrons. The summed E-state index contributed by atoms with van der Waals surface area (Å²) in [6.07, 6.45) is 1.75. The van der Waals surface area contributed by atoms with E-state index < -0.39 is 0 Å². The van der Waals surface area contributed by atoms with Crippen molar-refractivity contribution in [2.75, 3.05) is 17.7 Å². The van der Waals surface area contributed by atoms with E-state index in [1.807, 2.05) is 6.92 Å². The highest BCUT2D eigenvalue weighted by Gasteiger charge is 2.07. The van der Waals surface area contributed by atoms with Gasteiger partial charge in [-0.2, -0.15) is 0 Å². The number of amides is 1. The number of carbonyl (C=O) groups excluding carboxylic acids is 1. The normalized spacial score (nSPS) is 10.2. The summed E-state index contributed by atoms with van der Waals surface area (Å²) in [4.78, 5) is 19.8. The molecular formula is C12H14N4O2S. The minimum Gasteiger partial charge on any atom is -0.478 e. The number of carbonyl (C=O) groups is 1. The first-order valence-electron chi connectivity index (χ1n) is 5.76. The third-order valence-electron chi connectivity index (χ3n) is 2.22. The molecule has 0 radical (unpaired) electrons. The van der Waals surface area contributed by atoms with Crippen molar-refractivity contribution >= 4 is 28.1 Å². The molecule has 0 saturated heterocycles. The van der Waals surface area contributed by atoms with Gasteiger partial charge in [0, 0.05) is 11.4 Å². The van der Waals surface area contributed by atoms with Crippen LogP contribution in [0.3, 0.4) is 0 Å². The van der Waals surface area contributed by atoms with Crippen LogP contribution >= 0.6 is 11.3 Å². The molecular weight excluding hydrogens is 264 g/mol. The van der Waals surface area contributed by atoms with Crippen LogP contribution in [0.2, 0.25) is 0 Å². The summed E-state index contributed by atoms with van der Waals surface area (Å²) in [6.45, 7) is 2.45. The van der Waals surface area contributed by atoms with Gasteiger partial charge in [0.25, 0.3) is 0 Å². The van der Waals surface area contributed by atoms with Gasteiger partial charge in [-0.3, -0.25) is 4.79 Å². The zero-order valence-corrected chi connectivity index (χ0v) is 11.2. The van der Waals surface area contributed by atoms with Gasteiger partial charge in [-0.25, -0.2) is 9.97 Å². The second-order valence-electron chi connectivity index (χ2n) is 3.72. The lowest BCUT2D eigenvalue weighted by Crippen LogP contribution is -2.14. The molecule has 7 heteroatoms. The molecule has 0 aliphatic carbocycles. The molecule has 0 spiro atoms. The molecule has 0 unspecified atom stereocenters. The van der Waals surface area contributed by atoms with Crippen LogP contribution in [-0.2, 0) is 11.2 Å². The molecule has 0 aromatic carbocycles. The van der Waals surface area contributed by atoms with Gasteiger partial charge in [0.05, 0.1) is 30.6 Å². The van der Waals surface area contributed by atoms with Gasteiger partial charge in [-0.1, -0.05) is 0 Å². The van der Waals surface area contributed by atoms with Crippen LogP contribution in [0, 0.1) is 0 Å². The van der Waals surface area contributed by atoms with Crippen molar-refractivity contribution in [1.82, 2.24) is 9.97 Å². The summed E-state index contributed by atoms with van der Waals surface area (Å²) >= 11 is 1.32. The fourth-order valence-electron chi connectivity index (χ4n) is 1.46. The largest absolute Gasteiger partial charge is 0.478 e. The molecule has 2 aromatic heterocycles. The molecule has 3 N–H and O–H groups in total. The molecule has 0 saturated carbocycles. The fourth-order valence-corrected chi connectivity index (χ4v) is 2.02. The predicted octanol–water partition coefficient (Wildman–Crippen LogP) is 1.70. The Kier molecular flexibility index (Phi) is 4.30. The second-order valence-corrected chi connectivity index (χ2v) is 4.61. The maximum atomic E-state index is 11.8. The molecule has 0 aliphatic heterocycles. The number of hydrogen-bond donors (Lipinski definition) is 2. The molecule has 0 atom stereocenters. The third kappa shape index (κ3) is 3.92. The number of nitrogens with two attached hydrogens (primary N) is 1. The van der Waals surface area contributed by atoms with E-state index in [-0.39, 0.29) is 12.3 Å². The Labute approximate surface area is 114 Å². The zero-order chi connectivity index (χ0) is 13.7. The van der Waals surface area contributed by atoms with Crippen LogP contribution in [0.25, 0.3) is 0 Å². The fraction of sp³-hybridized carbons (Fsp3) is 0.250. The van der Waals surface area contributed by atoms with E-state index in [0.29, 0.717) is 29.0 Å². The lowest BCUT2D eigenvalue weighted by molar-refractivity contribution is -0.115. The average molecular weight is 278 g/mol. The van der Waals surface area contributed by atoms with Crippen LogP contribution in [0.5, 0.6) is 5.88 Å². The number of thiazole rings is 1. The van der Waals surface area contributed by atoms with E-state index in [4.69, 9.17) is 10.5 Å². The SMILES string of the molecule is CCOc1ccc(NC(=O)Cc2csc(N)n2)cn1. The number of anilines is 2. The highest BCUT2D eigenvalue weighted by Crippen LogP contribution is 2.14. The number of nitrogens with zero attached hydrogens (tertiary/aromatic N) is 2. The Hall–Kier alpha value is -2.15. The molecule has 19 heavy (non-hydrogen) atoms. The van der Waals surface area contributed by atoms with E-state index in [1.54, 1.807) is 23.7 Å². The zero-order valence-electron chi connectivity index (χ0n) is 10.4. The maximum Gasteiger partial charge on any atom is 0.230 e. The van der Waals surface area contributed by atoms with E-state index in [1.165, 1.54) is 11.3 Å². The lowest BCUT2D eigenvalue weighted by atomic mass is 10.3. The van der Waals surface area contributed by atoms with E-state index >= 15 is 0 Å². The summed E-state index contributed by atoms with van der Waals surface area (Å²) in [5.41, 5.74) is 6.79. The molecule has 2 rings (SSSR count). The van der Waals surface area contributed by atoms with Crippen molar-refractivity contribution in [1.29, 1.82) is 0 Å². The number of nitrogens with one attached hydrogen (secondary N) is 1. The molecule has 2 aromatic rings. The van der Waals surface area contributed by atoms with Crippen LogP contribution in [-0.4, -0.2) is 22.5 Å². The van der Waals surface area contributed by atoms with Gasteiger partial charge in [-0.05, 0) is 13.0 Å². The Morgan fingerprint density at radius 1 is 1.53 bits per heavy atom. The molecule has 0 fully saturated rings. The van der Waals surface area contributed by atoms with Crippen molar-refractivity contribution in [2.45, 2.75) is 13.3 Å². The van der Waals surface area contributed by atoms with Gasteiger partial charge in [-0.15, -0.1) is 11.3 Å². The molecule has 0 aliphatic rings. The quantitative estimate of drug-likeness (QED) is 0.868. The summed E-state index contributed by atoms with van der Waals surface area (Å²) in [5, 5.41) is 4.97. The Balaban J connectivity index is 1.91. The van der Waals surface area contributed by atoms with Gasteiger partial charge in [0.15, 0.2) is 5.13 Å². The standard InChI is InChI=1S/C12H14N4O2S/c1-2-18-11-4-3-8(6-14-11)15-10(17)5-9-7-19-12(13)16-9/h3-4,6-7H,2,5H2,1H3,(H2,13,16)(H,15,17). The maximum absolute atomic E-state index is 11.8. The Bertz CT molecular complexity index is 553. The molecule has 6 nitrogen and oxygen atoms in total. The average Bonchev–Trinajstić information content (AvgIpc) is 2.77. The van der Waals surface area contributed by atoms with E-state index in [0.717, 1.165) is 0 Å². The van der Waals surface area contributed by atoms with Gasteiger partial charge >= 0.3 is 0 Å². The summed E-state index contributed by atoms with van der Waals surface area (Å²) < 4.78 is 5.22. The number of hydrogen-bond acceptors (Lipinski definition) is 6. The first-order chi connectivity index (χ1) is 9.17. The third-order valence-corrected chi connectivity index (χ3v) is 2.95. The predicted molar refractivity (Wildman–Crippen MR) is 74.3 cm³/mol. The van der Waals surface area contributed by atoms with Crippen molar-refractivity contribution in [3.8, 4) is 5.88 Å². The monoisotopic (exact) mass is 278 g/mol. The van der Waals surface area contributed by atoms with Crippen LogP contribution in [0.1, 0.15) is 12.6 Å². The van der Waals surface area contributed by atoms with Crippen LogP contribution in [0.15, 0.2) is 23.7 Å².